The van der Waals surface area contributed by atoms with Crippen LogP contribution in [-0.2, 0) is 13.1 Å². The third kappa shape index (κ3) is 6.63. The van der Waals surface area contributed by atoms with Gasteiger partial charge in [-0.25, -0.2) is 4.98 Å². The zero-order valence-corrected chi connectivity index (χ0v) is 17.5. The van der Waals surface area contributed by atoms with Crippen LogP contribution in [0.15, 0.2) is 58.5 Å². The van der Waals surface area contributed by atoms with Crippen LogP contribution in [0, 0.1) is 13.8 Å². The molecule has 0 fully saturated rings. The minimum atomic E-state index is 0.194. The molecule has 1 aromatic heterocycles. The van der Waals surface area contributed by atoms with Crippen molar-refractivity contribution in [1.82, 2.24) is 9.36 Å². The van der Waals surface area contributed by atoms with E-state index in [0.717, 1.165) is 27.5 Å². The van der Waals surface area contributed by atoms with Gasteiger partial charge >= 0.3 is 33.3 Å². The van der Waals surface area contributed by atoms with Crippen LogP contribution < -0.4 is 0 Å². The number of para-hydroxylation sites is 2. The van der Waals surface area contributed by atoms with Gasteiger partial charge in [-0.3, -0.25) is 9.98 Å². The second kappa shape index (κ2) is 11.2. The predicted molar refractivity (Wildman–Crippen MR) is 108 cm³/mol. The van der Waals surface area contributed by atoms with Gasteiger partial charge < -0.3 is 0 Å². The van der Waals surface area contributed by atoms with E-state index in [1.165, 1.54) is 11.5 Å². The number of nitrogens with zero attached hydrogens (tertiary/aromatic N) is 4. The van der Waals surface area contributed by atoms with Gasteiger partial charge in [-0.2, -0.15) is 4.37 Å². The van der Waals surface area contributed by atoms with Crippen molar-refractivity contribution in [2.24, 2.45) is 9.98 Å². The van der Waals surface area contributed by atoms with Crippen LogP contribution in [0.1, 0.15) is 22.0 Å². The molecule has 0 radical (unpaired) electrons. The Morgan fingerprint density at radius 3 is 1.92 bits per heavy atom. The van der Waals surface area contributed by atoms with E-state index < -0.39 is 0 Å². The second-order valence-corrected chi connectivity index (χ2v) is 7.74. The van der Waals surface area contributed by atoms with Crippen LogP contribution in [0.5, 0.6) is 0 Å². The molecule has 26 heavy (non-hydrogen) atoms. The fourth-order valence-corrected chi connectivity index (χ4v) is 2.53. The summed E-state index contributed by atoms with van der Waals surface area (Å²) in [7, 11) is 9.53. The number of hydrogen-bond acceptors (Lipinski definition) is 5. The standard InChI is InChI=1S/C18H16N4S.2ClH.Fe/c1-13-7-3-5-9-15(13)19-11-17-21-18(23-22-17)12-20-16-10-6-4-8-14(16)2;;;/h3-12H,1-2H3;2*1H;/q;;;+2/p-2. The van der Waals surface area contributed by atoms with Crippen molar-refractivity contribution in [3.63, 3.8) is 0 Å². The van der Waals surface area contributed by atoms with E-state index in [1.807, 2.05) is 62.4 Å². The Hall–Kier alpha value is -1.56. The van der Waals surface area contributed by atoms with Crippen molar-refractivity contribution in [2.45, 2.75) is 13.8 Å². The molecule has 0 unspecified atom stereocenters. The normalized spacial score (nSPS) is 11.1. The maximum absolute atomic E-state index is 4.76. The van der Waals surface area contributed by atoms with Crippen molar-refractivity contribution in [1.29, 1.82) is 0 Å². The number of rotatable bonds is 4. The van der Waals surface area contributed by atoms with Gasteiger partial charge in [-0.15, -0.1) is 0 Å². The predicted octanol–water partition coefficient (Wildman–Crippen LogP) is 6.03. The van der Waals surface area contributed by atoms with Crippen LogP contribution in [0.4, 0.5) is 11.4 Å². The molecule has 0 saturated carbocycles. The Balaban J connectivity index is 0.000000758. The van der Waals surface area contributed by atoms with Crippen LogP contribution in [-0.4, -0.2) is 21.8 Å². The molecule has 8 heteroatoms. The summed E-state index contributed by atoms with van der Waals surface area (Å²) < 4.78 is 4.29. The van der Waals surface area contributed by atoms with Crippen LogP contribution in [0.3, 0.4) is 0 Å². The number of aliphatic imine (C=N–C) groups is 2. The van der Waals surface area contributed by atoms with Gasteiger partial charge in [-0.1, -0.05) is 36.4 Å². The molecule has 0 amide bonds. The SMILES string of the molecule is Cc1ccccc1N=Cc1nsc(C=Nc2ccccc2C)n1.[Cl][Fe][Cl]. The monoisotopic (exact) mass is 446 g/mol. The van der Waals surface area contributed by atoms with Crippen LogP contribution in [0.25, 0.3) is 0 Å². The molecule has 0 N–H and O–H groups in total. The van der Waals surface area contributed by atoms with E-state index in [4.69, 9.17) is 20.2 Å². The van der Waals surface area contributed by atoms with Gasteiger partial charge in [0.15, 0.2) is 10.8 Å². The molecule has 2 aromatic carbocycles. The van der Waals surface area contributed by atoms with Gasteiger partial charge in [-0.05, 0) is 48.6 Å². The van der Waals surface area contributed by atoms with E-state index in [0.29, 0.717) is 5.82 Å². The quantitative estimate of drug-likeness (QED) is 0.362. The average Bonchev–Trinajstić information content (AvgIpc) is 3.09. The molecular weight excluding hydrogens is 431 g/mol. The molecule has 0 spiro atoms. The van der Waals surface area contributed by atoms with Gasteiger partial charge in [0.05, 0.1) is 23.8 Å². The van der Waals surface area contributed by atoms with Crippen molar-refractivity contribution < 1.29 is 13.1 Å². The Bertz CT molecular complexity index is 826. The summed E-state index contributed by atoms with van der Waals surface area (Å²) in [6, 6.07) is 15.9. The summed E-state index contributed by atoms with van der Waals surface area (Å²) in [6.45, 7) is 4.06. The van der Waals surface area contributed by atoms with Crippen molar-refractivity contribution in [2.75, 3.05) is 0 Å². The molecule has 0 aliphatic rings. The molecule has 3 aromatic rings. The van der Waals surface area contributed by atoms with E-state index in [-0.39, 0.29) is 13.1 Å². The maximum atomic E-state index is 4.76. The fraction of sp³-hybridized carbons (Fsp3) is 0.111. The summed E-state index contributed by atoms with van der Waals surface area (Å²) in [5, 5.41) is 0.763. The average molecular weight is 447 g/mol. The number of benzene rings is 2. The summed E-state index contributed by atoms with van der Waals surface area (Å²) in [4.78, 5) is 13.3. The van der Waals surface area contributed by atoms with Crippen molar-refractivity contribution >= 4 is 55.5 Å². The molecule has 0 aliphatic carbocycles. The third-order valence-electron chi connectivity index (χ3n) is 3.32. The van der Waals surface area contributed by atoms with E-state index >= 15 is 0 Å². The molecule has 3 rings (SSSR count). The first-order valence-electron chi connectivity index (χ1n) is 7.52. The molecule has 0 aliphatic heterocycles. The zero-order chi connectivity index (χ0) is 18.8. The Labute approximate surface area is 171 Å². The van der Waals surface area contributed by atoms with Crippen molar-refractivity contribution in [3.05, 3.63) is 70.5 Å². The summed E-state index contributed by atoms with van der Waals surface area (Å²) in [5.41, 5.74) is 4.13. The second-order valence-electron chi connectivity index (χ2n) is 5.13. The van der Waals surface area contributed by atoms with Crippen LogP contribution in [0.2, 0.25) is 0 Å². The van der Waals surface area contributed by atoms with Gasteiger partial charge in [0.25, 0.3) is 0 Å². The Morgan fingerprint density at radius 2 is 1.38 bits per heavy atom. The molecule has 136 valence electrons. The molecular formula is C18H16Cl2FeN4S. The molecule has 4 nitrogen and oxygen atoms in total. The van der Waals surface area contributed by atoms with Gasteiger partial charge in [0.1, 0.15) is 0 Å². The van der Waals surface area contributed by atoms with E-state index in [2.05, 4.69) is 19.3 Å². The van der Waals surface area contributed by atoms with E-state index in [9.17, 15) is 0 Å². The number of aryl methyl sites for hydroxylation is 2. The molecule has 1 heterocycles. The van der Waals surface area contributed by atoms with Crippen LogP contribution >= 0.6 is 31.7 Å². The zero-order valence-electron chi connectivity index (χ0n) is 14.1. The number of aromatic nitrogens is 2. The molecule has 0 saturated heterocycles. The number of halogens is 2. The Kier molecular flexibility index (Phi) is 8.95. The molecule has 0 bridgehead atoms. The Morgan fingerprint density at radius 1 is 0.885 bits per heavy atom. The topological polar surface area (TPSA) is 50.5 Å². The summed E-state index contributed by atoms with van der Waals surface area (Å²) in [5.74, 6) is 0.601. The molecule has 0 atom stereocenters. The first kappa shape index (κ1) is 20.7. The van der Waals surface area contributed by atoms with Gasteiger partial charge in [0, 0.05) is 0 Å². The summed E-state index contributed by atoms with van der Waals surface area (Å²) >= 11 is 1.51. The fourth-order valence-electron chi connectivity index (χ4n) is 2.02. The minimum absolute atomic E-state index is 0.194. The number of hydrogen-bond donors (Lipinski definition) is 0. The first-order valence-corrected chi connectivity index (χ1v) is 11.3. The third-order valence-corrected chi connectivity index (χ3v) is 3.98. The van der Waals surface area contributed by atoms with Crippen molar-refractivity contribution in [3.8, 4) is 0 Å². The van der Waals surface area contributed by atoms with E-state index in [1.54, 1.807) is 12.4 Å². The summed E-state index contributed by atoms with van der Waals surface area (Å²) in [6.07, 6.45) is 3.43. The van der Waals surface area contributed by atoms with Gasteiger partial charge in [0.2, 0.25) is 0 Å². The first-order chi connectivity index (χ1) is 12.6.